The second-order valence-electron chi connectivity index (χ2n) is 6.14. The number of methoxy groups -OCH3 is 1. The first kappa shape index (κ1) is 18.6. The van der Waals surface area contributed by atoms with Crippen LogP contribution in [-0.2, 0) is 17.6 Å². The number of para-hydroxylation sites is 1. The highest BCUT2D eigenvalue weighted by Crippen LogP contribution is 2.20. The monoisotopic (exact) mass is 363 g/mol. The molecule has 0 bridgehead atoms. The van der Waals surface area contributed by atoms with Crippen molar-refractivity contribution in [3.05, 3.63) is 82.0 Å². The number of aromatic nitrogens is 2. The first-order valence-electron chi connectivity index (χ1n) is 9.05. The lowest BCUT2D eigenvalue weighted by Crippen LogP contribution is -2.46. The minimum absolute atomic E-state index is 0.123. The van der Waals surface area contributed by atoms with Gasteiger partial charge in [-0.3, -0.25) is 0 Å². The van der Waals surface area contributed by atoms with Crippen LogP contribution < -0.4 is 10.1 Å². The quantitative estimate of drug-likeness (QED) is 0.559. The van der Waals surface area contributed by atoms with Crippen LogP contribution in [0.4, 0.5) is 0 Å². The maximum atomic E-state index is 12.9. The maximum Gasteiger partial charge on any atom is 0.343 e. The molecule has 1 heterocycles. The third-order valence-electron chi connectivity index (χ3n) is 4.60. The highest BCUT2D eigenvalue weighted by atomic mass is 16.5. The standard InChI is InChI=1S/C22H22N2O3/c1-4-17-20(15-11-7-6-8-12-15)21(25)23-19(5-2)24(17)18-14-10-9-13-16(18)22(26)27-3/h6-14H,4-5H2,1-3H3/p+1. The molecular formula is C22H23N2O3+. The summed E-state index contributed by atoms with van der Waals surface area (Å²) in [5.74, 6) is 0.336. The fraction of sp³-hybridized carbons (Fsp3) is 0.227. The fourth-order valence-corrected chi connectivity index (χ4v) is 3.38. The van der Waals surface area contributed by atoms with E-state index in [1.807, 2.05) is 60.9 Å². The van der Waals surface area contributed by atoms with Gasteiger partial charge in [0.15, 0.2) is 0 Å². The number of carbonyl (C=O) groups excluding carboxylic acids is 1. The van der Waals surface area contributed by atoms with E-state index in [0.29, 0.717) is 29.7 Å². The zero-order chi connectivity index (χ0) is 19.4. The van der Waals surface area contributed by atoms with Gasteiger partial charge in [0.25, 0.3) is 5.82 Å². The van der Waals surface area contributed by atoms with Gasteiger partial charge in [-0.2, -0.15) is 4.57 Å². The molecule has 1 aromatic heterocycles. The van der Waals surface area contributed by atoms with Crippen LogP contribution in [0.5, 0.6) is 0 Å². The van der Waals surface area contributed by atoms with Crippen LogP contribution in [-0.4, -0.2) is 18.1 Å². The van der Waals surface area contributed by atoms with Gasteiger partial charge in [0.05, 0.1) is 7.11 Å². The van der Waals surface area contributed by atoms with Gasteiger partial charge < -0.3 is 4.74 Å². The van der Waals surface area contributed by atoms with Crippen LogP contribution >= 0.6 is 0 Å². The third kappa shape index (κ3) is 3.40. The Morgan fingerprint density at radius 2 is 1.67 bits per heavy atom. The number of hydrogen-bond acceptors (Lipinski definition) is 3. The molecule has 0 aliphatic carbocycles. The highest BCUT2D eigenvalue weighted by Gasteiger charge is 2.27. The van der Waals surface area contributed by atoms with Gasteiger partial charge in [-0.25, -0.2) is 14.6 Å². The van der Waals surface area contributed by atoms with E-state index >= 15 is 0 Å². The molecule has 0 saturated carbocycles. The minimum atomic E-state index is -0.408. The lowest BCUT2D eigenvalue weighted by Gasteiger charge is -2.15. The predicted molar refractivity (Wildman–Crippen MR) is 104 cm³/mol. The van der Waals surface area contributed by atoms with Gasteiger partial charge in [0.2, 0.25) is 0 Å². The predicted octanol–water partition coefficient (Wildman–Crippen LogP) is 3.23. The maximum absolute atomic E-state index is 12.9. The topological polar surface area (TPSA) is 63.0 Å². The van der Waals surface area contributed by atoms with Crippen molar-refractivity contribution in [3.63, 3.8) is 0 Å². The average Bonchev–Trinajstić information content (AvgIpc) is 2.72. The molecular weight excluding hydrogens is 340 g/mol. The van der Waals surface area contributed by atoms with Crippen molar-refractivity contribution in [1.82, 2.24) is 4.98 Å². The van der Waals surface area contributed by atoms with E-state index in [2.05, 4.69) is 4.98 Å². The number of hydrogen-bond donors (Lipinski definition) is 1. The molecule has 0 spiro atoms. The van der Waals surface area contributed by atoms with Crippen molar-refractivity contribution < 1.29 is 14.1 Å². The van der Waals surface area contributed by atoms with Crippen LogP contribution in [0.1, 0.15) is 35.7 Å². The van der Waals surface area contributed by atoms with E-state index in [1.165, 1.54) is 7.11 Å². The van der Waals surface area contributed by atoms with Crippen molar-refractivity contribution in [2.24, 2.45) is 0 Å². The molecule has 5 nitrogen and oxygen atoms in total. The Morgan fingerprint density at radius 1 is 1.00 bits per heavy atom. The number of benzene rings is 2. The number of aryl methyl sites for hydroxylation is 1. The first-order chi connectivity index (χ1) is 13.1. The zero-order valence-corrected chi connectivity index (χ0v) is 15.8. The second kappa shape index (κ2) is 7.99. The van der Waals surface area contributed by atoms with Gasteiger partial charge >= 0.3 is 11.5 Å². The number of nitrogens with zero attached hydrogens (tertiary/aromatic N) is 1. The third-order valence-corrected chi connectivity index (χ3v) is 4.60. The molecule has 1 N–H and O–H groups in total. The second-order valence-corrected chi connectivity index (χ2v) is 6.14. The summed E-state index contributed by atoms with van der Waals surface area (Å²) in [7, 11) is 1.37. The van der Waals surface area contributed by atoms with Gasteiger partial charge in [0.1, 0.15) is 22.5 Å². The molecule has 0 atom stereocenters. The lowest BCUT2D eigenvalue weighted by molar-refractivity contribution is -0.616. The zero-order valence-electron chi connectivity index (χ0n) is 15.8. The number of H-pyrrole nitrogens is 1. The molecule has 0 fully saturated rings. The van der Waals surface area contributed by atoms with Crippen LogP contribution in [0.15, 0.2) is 59.4 Å². The summed E-state index contributed by atoms with van der Waals surface area (Å²) in [6.07, 6.45) is 1.25. The van der Waals surface area contributed by atoms with Crippen molar-refractivity contribution in [2.75, 3.05) is 7.11 Å². The Hall–Kier alpha value is -3.21. The number of nitrogens with one attached hydrogen (secondary N) is 1. The summed E-state index contributed by atoms with van der Waals surface area (Å²) in [6.45, 7) is 3.99. The Kier molecular flexibility index (Phi) is 5.50. The SMILES string of the molecule is CCc1[nH]c(=O)c(-c2ccccc2)c(CC)[n+]1-c1ccccc1C(=O)OC. The normalized spacial score (nSPS) is 10.6. The molecule has 5 heteroatoms. The molecule has 3 rings (SSSR count). The highest BCUT2D eigenvalue weighted by molar-refractivity contribution is 5.92. The van der Waals surface area contributed by atoms with E-state index in [0.717, 1.165) is 17.1 Å². The molecule has 0 radical (unpaired) electrons. The number of carbonyl (C=O) groups is 1. The summed E-state index contributed by atoms with van der Waals surface area (Å²) in [6, 6.07) is 16.9. The molecule has 27 heavy (non-hydrogen) atoms. The molecule has 0 saturated heterocycles. The molecule has 0 aliphatic heterocycles. The minimum Gasteiger partial charge on any atom is -0.465 e. The summed E-state index contributed by atoms with van der Waals surface area (Å²) >= 11 is 0. The van der Waals surface area contributed by atoms with Gasteiger partial charge in [-0.15, -0.1) is 0 Å². The van der Waals surface area contributed by atoms with E-state index in [-0.39, 0.29) is 5.56 Å². The molecule has 0 amide bonds. The van der Waals surface area contributed by atoms with Gasteiger partial charge in [-0.05, 0) is 17.7 Å². The largest absolute Gasteiger partial charge is 0.465 e. The molecule has 0 unspecified atom stereocenters. The lowest BCUT2D eigenvalue weighted by atomic mass is 10.0. The molecule has 2 aromatic carbocycles. The van der Waals surface area contributed by atoms with E-state index in [9.17, 15) is 9.59 Å². The summed E-state index contributed by atoms with van der Waals surface area (Å²) < 4.78 is 6.94. The first-order valence-corrected chi connectivity index (χ1v) is 9.05. The van der Waals surface area contributed by atoms with Crippen LogP contribution in [0.25, 0.3) is 16.8 Å². The fourth-order valence-electron chi connectivity index (χ4n) is 3.38. The van der Waals surface area contributed by atoms with Crippen LogP contribution in [0.3, 0.4) is 0 Å². The number of aromatic amines is 1. The molecule has 138 valence electrons. The smallest absolute Gasteiger partial charge is 0.343 e. The van der Waals surface area contributed by atoms with Crippen molar-refractivity contribution in [3.8, 4) is 16.8 Å². The van der Waals surface area contributed by atoms with E-state index in [1.54, 1.807) is 12.1 Å². The molecule has 0 aliphatic rings. The summed E-state index contributed by atoms with van der Waals surface area (Å²) in [4.78, 5) is 28.2. The van der Waals surface area contributed by atoms with Gasteiger partial charge in [-0.1, -0.05) is 56.3 Å². The number of ether oxygens (including phenoxy) is 1. The average molecular weight is 363 g/mol. The van der Waals surface area contributed by atoms with Crippen molar-refractivity contribution in [2.45, 2.75) is 26.7 Å². The Labute approximate surface area is 158 Å². The Bertz CT molecular complexity index is 1020. The van der Waals surface area contributed by atoms with Gasteiger partial charge in [0, 0.05) is 12.8 Å². The molecule has 3 aromatic rings. The van der Waals surface area contributed by atoms with Crippen LogP contribution in [0, 0.1) is 0 Å². The van der Waals surface area contributed by atoms with E-state index < -0.39 is 5.97 Å². The summed E-state index contributed by atoms with van der Waals surface area (Å²) in [5, 5.41) is 0. The van der Waals surface area contributed by atoms with Crippen molar-refractivity contribution in [1.29, 1.82) is 0 Å². The summed E-state index contributed by atoms with van der Waals surface area (Å²) in [5.41, 5.74) is 3.37. The Morgan fingerprint density at radius 3 is 2.30 bits per heavy atom. The Balaban J connectivity index is 2.41. The number of rotatable bonds is 5. The number of esters is 1. The van der Waals surface area contributed by atoms with Crippen LogP contribution in [0.2, 0.25) is 0 Å². The van der Waals surface area contributed by atoms with E-state index in [4.69, 9.17) is 4.74 Å². The van der Waals surface area contributed by atoms with Crippen molar-refractivity contribution >= 4 is 5.97 Å².